The zero-order chi connectivity index (χ0) is 27.2. The van der Waals surface area contributed by atoms with Crippen LogP contribution in [0.1, 0.15) is 24.3 Å². The van der Waals surface area contributed by atoms with Crippen molar-refractivity contribution < 1.29 is 32.0 Å². The number of ether oxygens (including phenoxy) is 1. The number of carbonyl (C=O) groups excluding carboxylic acids is 2. The number of amides is 2. The lowest BCUT2D eigenvalue weighted by atomic mass is 10.1. The van der Waals surface area contributed by atoms with Crippen LogP contribution < -0.4 is 15.4 Å². The van der Waals surface area contributed by atoms with Gasteiger partial charge in [0.15, 0.2) is 0 Å². The van der Waals surface area contributed by atoms with Crippen molar-refractivity contribution >= 4 is 34.3 Å². The Morgan fingerprint density at radius 2 is 1.89 bits per heavy atom. The van der Waals surface area contributed by atoms with E-state index in [4.69, 9.17) is 20.9 Å². The number of carbonyl (C=O) groups is 2. The highest BCUT2D eigenvalue weighted by molar-refractivity contribution is 6.38. The third kappa shape index (κ3) is 4.67. The quantitative estimate of drug-likeness (QED) is 0.353. The van der Waals surface area contributed by atoms with Gasteiger partial charge in [-0.3, -0.25) is 9.59 Å². The first-order valence-electron chi connectivity index (χ1n) is 11.5. The summed E-state index contributed by atoms with van der Waals surface area (Å²) in [6.07, 6.45) is -4.77. The van der Waals surface area contributed by atoms with Crippen LogP contribution in [-0.2, 0) is 16.1 Å². The van der Waals surface area contributed by atoms with Crippen molar-refractivity contribution in [2.24, 2.45) is 0 Å². The number of methoxy groups -OCH3 is 1. The van der Waals surface area contributed by atoms with E-state index in [2.05, 4.69) is 15.5 Å². The molecule has 1 aliphatic rings. The van der Waals surface area contributed by atoms with Gasteiger partial charge in [-0.05, 0) is 48.7 Å². The van der Waals surface area contributed by atoms with E-state index in [0.717, 1.165) is 16.6 Å². The smallest absolute Gasteiger partial charge is 0.471 e. The molecule has 2 aromatic carbocycles. The van der Waals surface area contributed by atoms with Crippen LogP contribution in [0.5, 0.6) is 5.75 Å². The molecule has 0 spiro atoms. The first-order chi connectivity index (χ1) is 18.0. The van der Waals surface area contributed by atoms with Crippen molar-refractivity contribution in [3.63, 3.8) is 0 Å². The van der Waals surface area contributed by atoms with E-state index in [1.54, 1.807) is 55.7 Å². The van der Waals surface area contributed by atoms with E-state index in [1.165, 1.54) is 0 Å². The molecule has 0 saturated heterocycles. The van der Waals surface area contributed by atoms with Crippen LogP contribution in [0.4, 0.5) is 13.2 Å². The third-order valence-electron chi connectivity index (χ3n) is 6.29. The second-order valence-corrected chi connectivity index (χ2v) is 9.28. The van der Waals surface area contributed by atoms with Gasteiger partial charge in [-0.1, -0.05) is 28.9 Å². The minimum atomic E-state index is -5.05. The van der Waals surface area contributed by atoms with Crippen molar-refractivity contribution in [3.8, 4) is 23.0 Å². The number of aryl methyl sites for hydroxylation is 1. The Labute approximate surface area is 218 Å². The summed E-state index contributed by atoms with van der Waals surface area (Å²) in [5, 5.41) is 9.57. The Kier molecular flexibility index (Phi) is 6.30. The number of alkyl halides is 3. The number of nitrogens with one attached hydrogen (secondary N) is 2. The maximum absolute atomic E-state index is 12.6. The molecule has 13 heteroatoms. The van der Waals surface area contributed by atoms with Gasteiger partial charge in [0.2, 0.25) is 17.6 Å². The molecule has 198 valence electrons. The predicted molar refractivity (Wildman–Crippen MR) is 131 cm³/mol. The highest BCUT2D eigenvalue weighted by atomic mass is 35.5. The van der Waals surface area contributed by atoms with Gasteiger partial charge in [-0.25, -0.2) is 0 Å². The Morgan fingerprint density at radius 3 is 2.47 bits per heavy atom. The molecule has 2 amide bonds. The second-order valence-electron chi connectivity index (χ2n) is 8.90. The van der Waals surface area contributed by atoms with Crippen molar-refractivity contribution in [1.82, 2.24) is 25.3 Å². The van der Waals surface area contributed by atoms with Gasteiger partial charge in [0.05, 0.1) is 17.6 Å². The molecule has 0 aliphatic heterocycles. The average Bonchev–Trinajstić information content (AvgIpc) is 3.46. The predicted octanol–water partition coefficient (Wildman–Crippen LogP) is 4.48. The van der Waals surface area contributed by atoms with E-state index < -0.39 is 23.5 Å². The first kappa shape index (κ1) is 25.6. The summed E-state index contributed by atoms with van der Waals surface area (Å²) in [5.41, 5.74) is 1.18. The van der Waals surface area contributed by atoms with Gasteiger partial charge < -0.3 is 24.5 Å². The van der Waals surface area contributed by atoms with Crippen LogP contribution in [-0.4, -0.2) is 45.3 Å². The van der Waals surface area contributed by atoms with E-state index >= 15 is 0 Å². The number of rotatable bonds is 7. The van der Waals surface area contributed by atoms with Crippen LogP contribution >= 0.6 is 11.6 Å². The minimum absolute atomic E-state index is 0.0596. The van der Waals surface area contributed by atoms with Crippen molar-refractivity contribution in [1.29, 1.82) is 0 Å². The fourth-order valence-corrected chi connectivity index (χ4v) is 4.48. The highest BCUT2D eigenvalue weighted by Gasteiger charge is 2.54. The lowest BCUT2D eigenvalue weighted by molar-refractivity contribution is -0.175. The lowest BCUT2D eigenvalue weighted by Crippen LogP contribution is -2.52. The molecule has 1 aliphatic carbocycles. The number of aromatic nitrogens is 3. The molecular weight excluding hydrogens is 527 g/mol. The number of halogens is 4. The molecule has 38 heavy (non-hydrogen) atoms. The summed E-state index contributed by atoms with van der Waals surface area (Å²) in [6.45, 7) is 1.73. The zero-order valence-corrected chi connectivity index (χ0v) is 20.9. The van der Waals surface area contributed by atoms with Crippen LogP contribution in [0, 0.1) is 6.92 Å². The average molecular weight is 548 g/mol. The van der Waals surface area contributed by atoms with Crippen molar-refractivity contribution in [2.75, 3.05) is 7.11 Å². The molecule has 4 aromatic rings. The molecule has 2 aromatic heterocycles. The molecule has 2 N–H and O–H groups in total. The Hall–Kier alpha value is -4.06. The summed E-state index contributed by atoms with van der Waals surface area (Å²) in [5.74, 6) is -1.49. The van der Waals surface area contributed by atoms with Gasteiger partial charge >= 0.3 is 12.1 Å². The largest absolute Gasteiger partial charge is 0.497 e. The molecule has 0 radical (unpaired) electrons. The van der Waals surface area contributed by atoms with E-state index in [1.807, 2.05) is 10.6 Å². The summed E-state index contributed by atoms with van der Waals surface area (Å²) in [6, 6.07) is 12.6. The van der Waals surface area contributed by atoms with Gasteiger partial charge in [0.25, 0.3) is 0 Å². The lowest BCUT2D eigenvalue weighted by Gasteiger charge is -2.18. The maximum atomic E-state index is 12.6. The number of nitrogens with zero attached hydrogens (tertiary/aromatic N) is 3. The fraction of sp³-hybridized carbons (Fsp3) is 0.280. The zero-order valence-electron chi connectivity index (χ0n) is 20.1. The monoisotopic (exact) mass is 547 g/mol. The SMILES string of the molecule is COc1ccc2c(c1)c(Cl)c(-c1noc(C)n1)n2-c1ccc(CNC(=O)C2(NC(=O)C(F)(F)F)CC2)cc1. The fourth-order valence-electron chi connectivity index (χ4n) is 4.16. The number of fused-ring (bicyclic) bond motifs is 1. The Morgan fingerprint density at radius 1 is 1.18 bits per heavy atom. The molecule has 1 fully saturated rings. The molecule has 1 saturated carbocycles. The van der Waals surface area contributed by atoms with Gasteiger partial charge in [0.1, 0.15) is 17.0 Å². The van der Waals surface area contributed by atoms with Gasteiger partial charge in [0, 0.05) is 24.5 Å². The third-order valence-corrected chi connectivity index (χ3v) is 6.68. The van der Waals surface area contributed by atoms with Gasteiger partial charge in [-0.2, -0.15) is 18.2 Å². The summed E-state index contributed by atoms with van der Waals surface area (Å²) in [7, 11) is 1.56. The molecule has 2 heterocycles. The minimum Gasteiger partial charge on any atom is -0.497 e. The summed E-state index contributed by atoms with van der Waals surface area (Å²) >= 11 is 6.77. The van der Waals surface area contributed by atoms with Crippen LogP contribution in [0.25, 0.3) is 28.1 Å². The van der Waals surface area contributed by atoms with Crippen molar-refractivity contribution in [2.45, 2.75) is 38.0 Å². The molecule has 9 nitrogen and oxygen atoms in total. The number of hydrogen-bond donors (Lipinski definition) is 2. The molecule has 0 atom stereocenters. The highest BCUT2D eigenvalue weighted by Crippen LogP contribution is 2.40. The summed E-state index contributed by atoms with van der Waals surface area (Å²) in [4.78, 5) is 28.1. The molecule has 0 bridgehead atoms. The Bertz CT molecular complexity index is 1540. The van der Waals surface area contributed by atoms with E-state index in [-0.39, 0.29) is 19.4 Å². The van der Waals surface area contributed by atoms with Crippen LogP contribution in [0.3, 0.4) is 0 Å². The normalized spacial score (nSPS) is 14.4. The molecule has 0 unspecified atom stereocenters. The topological polar surface area (TPSA) is 111 Å². The van der Waals surface area contributed by atoms with Gasteiger partial charge in [-0.15, -0.1) is 0 Å². The number of benzene rings is 2. The molecular formula is C25H21ClF3N5O4. The first-order valence-corrected chi connectivity index (χ1v) is 11.9. The number of hydrogen-bond acceptors (Lipinski definition) is 6. The standard InChI is InChI=1S/C25H21ClF3N5O4/c1-13-31-21(33-38-13)20-19(26)17-11-16(37-2)7-8-18(17)34(20)15-5-3-14(4-6-15)12-30-22(35)24(9-10-24)32-23(36)25(27,28)29/h3-8,11H,9-10,12H2,1-2H3,(H,30,35)(H,32,36). The Balaban J connectivity index is 1.40. The van der Waals surface area contributed by atoms with Crippen LogP contribution in [0.2, 0.25) is 5.02 Å². The van der Waals surface area contributed by atoms with E-state index in [0.29, 0.717) is 33.7 Å². The molecule has 5 rings (SSSR count). The van der Waals surface area contributed by atoms with Crippen LogP contribution in [0.15, 0.2) is 47.0 Å². The summed E-state index contributed by atoms with van der Waals surface area (Å²) < 4.78 is 50.2. The van der Waals surface area contributed by atoms with Crippen molar-refractivity contribution in [3.05, 3.63) is 58.9 Å². The maximum Gasteiger partial charge on any atom is 0.471 e. The van der Waals surface area contributed by atoms with E-state index in [9.17, 15) is 22.8 Å². The second kappa shape index (κ2) is 9.35.